The third-order valence-electron chi connectivity index (χ3n) is 3.29. The van der Waals surface area contributed by atoms with Gasteiger partial charge in [0.05, 0.1) is 0 Å². The van der Waals surface area contributed by atoms with Crippen LogP contribution in [0, 0.1) is 0 Å². The Labute approximate surface area is 133 Å². The van der Waals surface area contributed by atoms with Crippen LogP contribution in [0.25, 0.3) is 0 Å². The lowest BCUT2D eigenvalue weighted by Crippen LogP contribution is -2.49. The third kappa shape index (κ3) is 6.49. The van der Waals surface area contributed by atoms with Gasteiger partial charge in [-0.15, -0.1) is 0 Å². The van der Waals surface area contributed by atoms with Crippen molar-refractivity contribution in [1.82, 2.24) is 5.32 Å². The highest BCUT2D eigenvalue weighted by Gasteiger charge is 2.24. The van der Waals surface area contributed by atoms with Crippen LogP contribution in [0.4, 0.5) is 0 Å². The number of nitrogens with one attached hydrogen (secondary N) is 1. The van der Waals surface area contributed by atoms with E-state index in [9.17, 15) is 4.79 Å². The summed E-state index contributed by atoms with van der Waals surface area (Å²) in [4.78, 5) is 12.2. The fourth-order valence-corrected chi connectivity index (χ4v) is 2.28. The van der Waals surface area contributed by atoms with Crippen LogP contribution in [0.2, 0.25) is 5.02 Å². The van der Waals surface area contributed by atoms with E-state index >= 15 is 0 Å². The van der Waals surface area contributed by atoms with E-state index in [2.05, 4.69) is 12.2 Å². The van der Waals surface area contributed by atoms with Gasteiger partial charge in [-0.2, -0.15) is 0 Å². The van der Waals surface area contributed by atoms with Crippen molar-refractivity contribution in [2.24, 2.45) is 0 Å². The van der Waals surface area contributed by atoms with Gasteiger partial charge in [-0.3, -0.25) is 4.79 Å². The summed E-state index contributed by atoms with van der Waals surface area (Å²) in [6.45, 7) is 8.49. The Balaban J connectivity index is 2.55. The highest BCUT2D eigenvalue weighted by atomic mass is 35.5. The fourth-order valence-electron chi connectivity index (χ4n) is 2.08. The molecule has 1 aromatic rings. The number of halogens is 1. The smallest absolute Gasteiger partial charge is 0.249 e. The molecular formula is C17H26ClNO2. The summed E-state index contributed by atoms with van der Waals surface area (Å²) < 4.78 is 5.53. The minimum Gasteiger partial charge on any atom is -0.369 e. The van der Waals surface area contributed by atoms with Crippen molar-refractivity contribution in [3.63, 3.8) is 0 Å². The van der Waals surface area contributed by atoms with Gasteiger partial charge in [-0.05, 0) is 45.2 Å². The minimum absolute atomic E-state index is 0.0804. The van der Waals surface area contributed by atoms with Gasteiger partial charge in [0.2, 0.25) is 5.91 Å². The molecule has 21 heavy (non-hydrogen) atoms. The van der Waals surface area contributed by atoms with E-state index < -0.39 is 6.10 Å². The molecule has 0 fully saturated rings. The first kappa shape index (κ1) is 18.0. The average molecular weight is 312 g/mol. The van der Waals surface area contributed by atoms with E-state index in [4.69, 9.17) is 16.3 Å². The Hall–Kier alpha value is -1.06. The molecular weight excluding hydrogens is 286 g/mol. The second kappa shape index (κ2) is 8.40. The normalized spacial score (nSPS) is 13.0. The number of rotatable bonds is 8. The Morgan fingerprint density at radius 2 is 2.05 bits per heavy atom. The maximum absolute atomic E-state index is 12.2. The van der Waals surface area contributed by atoms with Crippen molar-refractivity contribution in [3.8, 4) is 0 Å². The molecule has 1 aromatic carbocycles. The van der Waals surface area contributed by atoms with Crippen LogP contribution in [0.3, 0.4) is 0 Å². The van der Waals surface area contributed by atoms with Crippen LogP contribution in [0.1, 0.15) is 46.1 Å². The topological polar surface area (TPSA) is 38.3 Å². The Kier molecular flexibility index (Phi) is 7.20. The summed E-state index contributed by atoms with van der Waals surface area (Å²) >= 11 is 6.18. The van der Waals surface area contributed by atoms with Crippen LogP contribution in [0.5, 0.6) is 0 Å². The van der Waals surface area contributed by atoms with Gasteiger partial charge >= 0.3 is 0 Å². The second-order valence-electron chi connectivity index (χ2n) is 6.01. The van der Waals surface area contributed by atoms with Gasteiger partial charge in [-0.25, -0.2) is 0 Å². The first-order valence-electron chi connectivity index (χ1n) is 7.53. The van der Waals surface area contributed by atoms with Crippen LogP contribution in [-0.2, 0) is 16.0 Å². The molecule has 0 aliphatic carbocycles. The van der Waals surface area contributed by atoms with Crippen molar-refractivity contribution in [3.05, 3.63) is 34.9 Å². The number of hydrogen-bond donors (Lipinski definition) is 1. The van der Waals surface area contributed by atoms with Crippen LogP contribution < -0.4 is 5.32 Å². The van der Waals surface area contributed by atoms with Gasteiger partial charge < -0.3 is 10.1 Å². The molecule has 0 saturated heterocycles. The maximum atomic E-state index is 12.2. The number of benzene rings is 1. The zero-order chi connectivity index (χ0) is 15.9. The van der Waals surface area contributed by atoms with Gasteiger partial charge in [-0.1, -0.05) is 43.1 Å². The Bertz CT molecular complexity index is 460. The summed E-state index contributed by atoms with van der Waals surface area (Å²) in [5.41, 5.74) is 0.661. The molecule has 0 radical (unpaired) electrons. The van der Waals surface area contributed by atoms with Crippen molar-refractivity contribution in [1.29, 1.82) is 0 Å². The quantitative estimate of drug-likeness (QED) is 0.737. The average Bonchev–Trinajstić information content (AvgIpc) is 2.40. The highest BCUT2D eigenvalue weighted by Crippen LogP contribution is 2.20. The predicted molar refractivity (Wildman–Crippen MR) is 87.7 cm³/mol. The Morgan fingerprint density at radius 1 is 1.38 bits per heavy atom. The molecule has 0 aliphatic heterocycles. The molecule has 3 nitrogen and oxygen atoms in total. The van der Waals surface area contributed by atoms with Crippen LogP contribution in [-0.4, -0.2) is 24.2 Å². The molecule has 0 bridgehead atoms. The standard InChI is InChI=1S/C17H26ClNO2/c1-5-6-11-21-13(2)16(20)19-17(3,4)12-14-9-7-8-10-15(14)18/h7-10,13H,5-6,11-12H2,1-4H3,(H,19,20). The predicted octanol–water partition coefficient (Wildman–Crippen LogP) is 3.98. The molecule has 0 spiro atoms. The number of carbonyl (C=O) groups is 1. The Morgan fingerprint density at radius 3 is 2.67 bits per heavy atom. The van der Waals surface area contributed by atoms with Crippen LogP contribution >= 0.6 is 11.6 Å². The highest BCUT2D eigenvalue weighted by molar-refractivity contribution is 6.31. The van der Waals surface area contributed by atoms with E-state index in [1.54, 1.807) is 6.92 Å². The molecule has 1 rings (SSSR count). The van der Waals surface area contributed by atoms with Crippen molar-refractivity contribution in [2.75, 3.05) is 6.61 Å². The van der Waals surface area contributed by atoms with E-state index in [1.807, 2.05) is 38.1 Å². The zero-order valence-corrected chi connectivity index (χ0v) is 14.2. The summed E-state index contributed by atoms with van der Waals surface area (Å²) in [7, 11) is 0. The zero-order valence-electron chi connectivity index (χ0n) is 13.4. The molecule has 0 aromatic heterocycles. The molecule has 1 amide bonds. The minimum atomic E-state index is -0.429. The van der Waals surface area contributed by atoms with Crippen molar-refractivity contribution < 1.29 is 9.53 Å². The van der Waals surface area contributed by atoms with Gasteiger partial charge in [0.15, 0.2) is 0 Å². The van der Waals surface area contributed by atoms with Crippen molar-refractivity contribution >= 4 is 17.5 Å². The molecule has 1 unspecified atom stereocenters. The maximum Gasteiger partial charge on any atom is 0.249 e. The summed E-state index contributed by atoms with van der Waals surface area (Å²) in [5, 5.41) is 3.76. The van der Waals surface area contributed by atoms with E-state index in [0.29, 0.717) is 13.0 Å². The third-order valence-corrected chi connectivity index (χ3v) is 3.66. The molecule has 1 atom stereocenters. The number of unbranched alkanes of at least 4 members (excludes halogenated alkanes) is 1. The number of ether oxygens (including phenoxy) is 1. The molecule has 118 valence electrons. The summed E-state index contributed by atoms with van der Waals surface area (Å²) in [5.74, 6) is -0.0804. The number of hydrogen-bond acceptors (Lipinski definition) is 2. The first-order chi connectivity index (χ1) is 9.85. The summed E-state index contributed by atoms with van der Waals surface area (Å²) in [6.07, 6.45) is 2.29. The molecule has 0 saturated carbocycles. The van der Waals surface area contributed by atoms with Gasteiger partial charge in [0.1, 0.15) is 6.10 Å². The molecule has 0 aliphatic rings. The monoisotopic (exact) mass is 311 g/mol. The first-order valence-corrected chi connectivity index (χ1v) is 7.90. The molecule has 1 N–H and O–H groups in total. The largest absolute Gasteiger partial charge is 0.369 e. The van der Waals surface area contributed by atoms with E-state index in [0.717, 1.165) is 23.4 Å². The molecule has 0 heterocycles. The van der Waals surface area contributed by atoms with Crippen LogP contribution in [0.15, 0.2) is 24.3 Å². The lowest BCUT2D eigenvalue weighted by Gasteiger charge is -2.28. The van der Waals surface area contributed by atoms with Crippen molar-refractivity contribution in [2.45, 2.75) is 58.6 Å². The number of carbonyl (C=O) groups excluding carboxylic acids is 1. The summed E-state index contributed by atoms with van der Waals surface area (Å²) in [6, 6.07) is 7.71. The van der Waals surface area contributed by atoms with E-state index in [-0.39, 0.29) is 11.4 Å². The lowest BCUT2D eigenvalue weighted by atomic mass is 9.94. The van der Waals surface area contributed by atoms with Gasteiger partial charge in [0, 0.05) is 17.2 Å². The fraction of sp³-hybridized carbons (Fsp3) is 0.588. The molecule has 4 heteroatoms. The number of amides is 1. The second-order valence-corrected chi connectivity index (χ2v) is 6.42. The van der Waals surface area contributed by atoms with E-state index in [1.165, 1.54) is 0 Å². The SMILES string of the molecule is CCCCOC(C)C(=O)NC(C)(C)Cc1ccccc1Cl. The van der Waals surface area contributed by atoms with Gasteiger partial charge in [0.25, 0.3) is 0 Å². The lowest BCUT2D eigenvalue weighted by molar-refractivity contribution is -0.133.